The Bertz CT molecular complexity index is 740. The van der Waals surface area contributed by atoms with E-state index in [4.69, 9.17) is 0 Å². The molecule has 0 fully saturated rings. The highest BCUT2D eigenvalue weighted by Crippen LogP contribution is 2.43. The summed E-state index contributed by atoms with van der Waals surface area (Å²) < 4.78 is 0. The van der Waals surface area contributed by atoms with Gasteiger partial charge in [-0.2, -0.15) is 0 Å². The average molecular weight is 284 g/mol. The topological polar surface area (TPSA) is 50.7 Å². The van der Waals surface area contributed by atoms with Crippen molar-refractivity contribution in [3.8, 4) is 10.6 Å². The van der Waals surface area contributed by atoms with Crippen molar-refractivity contribution in [2.45, 2.75) is 9.92 Å². The molecule has 0 bridgehead atoms. The molecular formula is C13H8N4S2. The van der Waals surface area contributed by atoms with Crippen LogP contribution in [-0.4, -0.2) is 15.0 Å². The monoisotopic (exact) mass is 284 g/mol. The van der Waals surface area contributed by atoms with Crippen LogP contribution in [0.4, 0.5) is 11.5 Å². The van der Waals surface area contributed by atoms with Gasteiger partial charge in [0.15, 0.2) is 5.82 Å². The Morgan fingerprint density at radius 3 is 2.84 bits per heavy atom. The second-order valence-electron chi connectivity index (χ2n) is 3.99. The maximum atomic E-state index is 4.34. The van der Waals surface area contributed by atoms with Crippen molar-refractivity contribution in [1.82, 2.24) is 15.0 Å². The number of thiazole rings is 1. The summed E-state index contributed by atoms with van der Waals surface area (Å²) in [6, 6.07) is 6.30. The smallest absolute Gasteiger partial charge is 0.163 e. The Morgan fingerprint density at radius 2 is 1.95 bits per heavy atom. The molecule has 4 nitrogen and oxygen atoms in total. The summed E-state index contributed by atoms with van der Waals surface area (Å²) in [5.41, 5.74) is 2.18. The molecule has 4 rings (SSSR count). The quantitative estimate of drug-likeness (QED) is 0.576. The lowest BCUT2D eigenvalue weighted by atomic mass is 10.2. The molecule has 0 radical (unpaired) electrons. The van der Waals surface area contributed by atoms with Crippen molar-refractivity contribution in [3.63, 3.8) is 0 Å². The maximum Gasteiger partial charge on any atom is 0.163 e. The van der Waals surface area contributed by atoms with Crippen LogP contribution in [0.5, 0.6) is 0 Å². The van der Waals surface area contributed by atoms with Gasteiger partial charge < -0.3 is 5.32 Å². The van der Waals surface area contributed by atoms with E-state index in [2.05, 4.69) is 38.5 Å². The number of aromatic nitrogens is 3. The summed E-state index contributed by atoms with van der Waals surface area (Å²) >= 11 is 3.27. The number of nitrogens with zero attached hydrogens (tertiary/aromatic N) is 3. The van der Waals surface area contributed by atoms with Crippen LogP contribution in [0.15, 0.2) is 52.1 Å². The fourth-order valence-corrected chi connectivity index (χ4v) is 3.45. The lowest BCUT2D eigenvalue weighted by Gasteiger charge is -2.18. The van der Waals surface area contributed by atoms with Crippen molar-refractivity contribution < 1.29 is 0 Å². The molecule has 1 aliphatic rings. The van der Waals surface area contributed by atoms with Crippen LogP contribution >= 0.6 is 23.1 Å². The van der Waals surface area contributed by atoms with Crippen LogP contribution in [0.3, 0.4) is 0 Å². The lowest BCUT2D eigenvalue weighted by molar-refractivity contribution is 1.05. The number of fused-ring (bicyclic) bond motifs is 2. The van der Waals surface area contributed by atoms with Crippen LogP contribution in [0.1, 0.15) is 0 Å². The summed E-state index contributed by atoms with van der Waals surface area (Å²) in [7, 11) is 0. The van der Waals surface area contributed by atoms with Gasteiger partial charge in [-0.3, -0.25) is 0 Å². The summed E-state index contributed by atoms with van der Waals surface area (Å²) in [5.74, 6) is 0.816. The van der Waals surface area contributed by atoms with Gasteiger partial charge in [0, 0.05) is 34.4 Å². The average Bonchev–Trinajstić information content (AvgIpc) is 2.98. The molecule has 0 amide bonds. The standard InChI is InChI=1S/C13H8N4S2/c1-2-10-9(7-8(1)12-16-5-6-18-12)17-11-13(19-10)15-4-3-14-11/h1-7H,(H,14,17). The largest absolute Gasteiger partial charge is 0.337 e. The minimum atomic E-state index is 0.816. The van der Waals surface area contributed by atoms with E-state index in [-0.39, 0.29) is 0 Å². The molecule has 6 heteroatoms. The number of anilines is 2. The van der Waals surface area contributed by atoms with E-state index in [0.29, 0.717) is 0 Å². The molecule has 3 aromatic rings. The summed E-state index contributed by atoms with van der Waals surface area (Å²) in [6.45, 7) is 0. The maximum absolute atomic E-state index is 4.34. The molecule has 1 aliphatic heterocycles. The highest BCUT2D eigenvalue weighted by Gasteiger charge is 2.18. The molecule has 0 saturated carbocycles. The van der Waals surface area contributed by atoms with Gasteiger partial charge in [-0.05, 0) is 12.1 Å². The lowest BCUT2D eigenvalue weighted by Crippen LogP contribution is -2.03. The molecule has 2 aromatic heterocycles. The SMILES string of the molecule is c1csc(-c2ccc3c(c2)Nc2nccnc2S3)n1. The van der Waals surface area contributed by atoms with Gasteiger partial charge in [-0.15, -0.1) is 11.3 Å². The number of rotatable bonds is 1. The van der Waals surface area contributed by atoms with Crippen molar-refractivity contribution in [1.29, 1.82) is 0 Å². The van der Waals surface area contributed by atoms with Gasteiger partial charge in [0.25, 0.3) is 0 Å². The van der Waals surface area contributed by atoms with Crippen molar-refractivity contribution in [2.75, 3.05) is 5.32 Å². The van der Waals surface area contributed by atoms with E-state index >= 15 is 0 Å². The van der Waals surface area contributed by atoms with E-state index in [9.17, 15) is 0 Å². The highest BCUT2D eigenvalue weighted by atomic mass is 32.2. The predicted octanol–water partition coefficient (Wildman–Crippen LogP) is 3.81. The van der Waals surface area contributed by atoms with Gasteiger partial charge in [-0.1, -0.05) is 17.8 Å². The minimum absolute atomic E-state index is 0.816. The normalized spacial score (nSPS) is 12.4. The minimum Gasteiger partial charge on any atom is -0.337 e. The third kappa shape index (κ3) is 1.89. The zero-order valence-electron chi connectivity index (χ0n) is 9.70. The summed E-state index contributed by atoms with van der Waals surface area (Å²) in [6.07, 6.45) is 5.23. The van der Waals surface area contributed by atoms with Crippen LogP contribution in [-0.2, 0) is 0 Å². The highest BCUT2D eigenvalue weighted by molar-refractivity contribution is 7.99. The van der Waals surface area contributed by atoms with E-state index in [1.807, 2.05) is 11.6 Å². The van der Waals surface area contributed by atoms with Crippen LogP contribution in [0, 0.1) is 0 Å². The predicted molar refractivity (Wildman–Crippen MR) is 77.0 cm³/mol. The zero-order valence-corrected chi connectivity index (χ0v) is 11.3. The second-order valence-corrected chi connectivity index (χ2v) is 5.91. The Labute approximate surface area is 118 Å². The fraction of sp³-hybridized carbons (Fsp3) is 0. The molecular weight excluding hydrogens is 276 g/mol. The molecule has 3 heterocycles. The van der Waals surface area contributed by atoms with Gasteiger partial charge in [0.1, 0.15) is 10.0 Å². The Morgan fingerprint density at radius 1 is 1.00 bits per heavy atom. The summed E-state index contributed by atoms with van der Waals surface area (Å²) in [5, 5.41) is 7.25. The number of hydrogen-bond acceptors (Lipinski definition) is 6. The van der Waals surface area contributed by atoms with Crippen molar-refractivity contribution in [2.24, 2.45) is 0 Å². The van der Waals surface area contributed by atoms with Crippen LogP contribution in [0.2, 0.25) is 0 Å². The molecule has 92 valence electrons. The van der Waals surface area contributed by atoms with Gasteiger partial charge >= 0.3 is 0 Å². The van der Waals surface area contributed by atoms with Gasteiger partial charge in [0.2, 0.25) is 0 Å². The number of benzene rings is 1. The fourth-order valence-electron chi connectivity index (χ4n) is 1.93. The molecule has 1 aromatic carbocycles. The molecule has 0 aliphatic carbocycles. The summed E-state index contributed by atoms with van der Waals surface area (Å²) in [4.78, 5) is 14.1. The first kappa shape index (κ1) is 11.0. The van der Waals surface area contributed by atoms with Crippen molar-refractivity contribution in [3.05, 3.63) is 42.2 Å². The zero-order chi connectivity index (χ0) is 12.7. The van der Waals surface area contributed by atoms with Crippen molar-refractivity contribution >= 4 is 34.6 Å². The molecule has 19 heavy (non-hydrogen) atoms. The number of hydrogen-bond donors (Lipinski definition) is 1. The third-order valence-corrected chi connectivity index (χ3v) is 4.67. The second kappa shape index (κ2) is 4.32. The molecule has 0 spiro atoms. The number of nitrogens with one attached hydrogen (secondary N) is 1. The molecule has 0 saturated heterocycles. The first-order valence-electron chi connectivity index (χ1n) is 5.70. The Balaban J connectivity index is 1.78. The Hall–Kier alpha value is -1.92. The van der Waals surface area contributed by atoms with E-state index in [1.54, 1.807) is 35.5 Å². The Kier molecular flexibility index (Phi) is 2.49. The van der Waals surface area contributed by atoms with E-state index < -0.39 is 0 Å². The van der Waals surface area contributed by atoms with Crippen LogP contribution in [0.25, 0.3) is 10.6 Å². The van der Waals surface area contributed by atoms with Crippen LogP contribution < -0.4 is 5.32 Å². The molecule has 0 unspecified atom stereocenters. The third-order valence-electron chi connectivity index (χ3n) is 2.78. The molecule has 1 N–H and O–H groups in total. The van der Waals surface area contributed by atoms with Gasteiger partial charge in [0.05, 0.1) is 5.69 Å². The van der Waals surface area contributed by atoms with Gasteiger partial charge in [-0.25, -0.2) is 15.0 Å². The first-order valence-corrected chi connectivity index (χ1v) is 7.39. The first-order chi connectivity index (χ1) is 9.40. The molecule has 0 atom stereocenters. The van der Waals surface area contributed by atoms with E-state index in [1.165, 1.54) is 0 Å². The van der Waals surface area contributed by atoms with E-state index in [0.717, 1.165) is 32.0 Å².